The number of hydrogen-bond donors (Lipinski definition) is 1. The Bertz CT molecular complexity index is 422. The minimum atomic E-state index is 0.592. The van der Waals surface area contributed by atoms with E-state index in [-0.39, 0.29) is 0 Å². The van der Waals surface area contributed by atoms with E-state index < -0.39 is 0 Å². The summed E-state index contributed by atoms with van der Waals surface area (Å²) in [6.07, 6.45) is 5.87. The van der Waals surface area contributed by atoms with E-state index in [4.69, 9.17) is 0 Å². The molecule has 2 fully saturated rings. The largest absolute Gasteiger partial charge is 0.310 e. The SMILES string of the molecule is CCNC(c1ccc(C(C)C)cc1)C1C2CCCCC21. The molecule has 0 spiro atoms. The Morgan fingerprint density at radius 3 is 2.05 bits per heavy atom. The smallest absolute Gasteiger partial charge is 0.0354 e. The van der Waals surface area contributed by atoms with Gasteiger partial charge in [-0.1, -0.05) is 57.9 Å². The molecule has 3 rings (SSSR count). The summed E-state index contributed by atoms with van der Waals surface area (Å²) < 4.78 is 0. The topological polar surface area (TPSA) is 12.0 Å². The molecule has 3 unspecified atom stereocenters. The van der Waals surface area contributed by atoms with Crippen molar-refractivity contribution in [1.29, 1.82) is 0 Å². The van der Waals surface area contributed by atoms with Crippen LogP contribution in [0.25, 0.3) is 0 Å². The van der Waals surface area contributed by atoms with Crippen molar-refractivity contribution in [2.75, 3.05) is 6.54 Å². The third kappa shape index (κ3) is 2.65. The van der Waals surface area contributed by atoms with Crippen molar-refractivity contribution < 1.29 is 0 Å². The summed E-state index contributed by atoms with van der Waals surface area (Å²) in [5, 5.41) is 3.77. The molecular weight excluding hydrogens is 242 g/mol. The average molecular weight is 271 g/mol. The number of hydrogen-bond acceptors (Lipinski definition) is 1. The van der Waals surface area contributed by atoms with Gasteiger partial charge in [-0.15, -0.1) is 0 Å². The van der Waals surface area contributed by atoms with Crippen molar-refractivity contribution in [2.24, 2.45) is 17.8 Å². The number of benzene rings is 1. The summed E-state index contributed by atoms with van der Waals surface area (Å²) in [4.78, 5) is 0. The molecule has 20 heavy (non-hydrogen) atoms. The fourth-order valence-corrected chi connectivity index (χ4v) is 4.33. The van der Waals surface area contributed by atoms with Gasteiger partial charge in [0.2, 0.25) is 0 Å². The lowest BCUT2D eigenvalue weighted by atomic mass is 9.95. The highest BCUT2D eigenvalue weighted by molar-refractivity contribution is 5.29. The Balaban J connectivity index is 1.76. The van der Waals surface area contributed by atoms with Gasteiger partial charge in [0.25, 0.3) is 0 Å². The van der Waals surface area contributed by atoms with Crippen LogP contribution in [0.1, 0.15) is 69.5 Å². The van der Waals surface area contributed by atoms with Crippen LogP contribution < -0.4 is 5.32 Å². The van der Waals surface area contributed by atoms with Crippen molar-refractivity contribution >= 4 is 0 Å². The van der Waals surface area contributed by atoms with E-state index in [1.165, 1.54) is 36.8 Å². The molecule has 1 heteroatoms. The summed E-state index contributed by atoms with van der Waals surface area (Å²) in [7, 11) is 0. The van der Waals surface area contributed by atoms with Crippen LogP contribution in [0.4, 0.5) is 0 Å². The van der Waals surface area contributed by atoms with Crippen LogP contribution >= 0.6 is 0 Å². The van der Waals surface area contributed by atoms with Gasteiger partial charge in [-0.05, 0) is 54.2 Å². The first-order valence-electron chi connectivity index (χ1n) is 8.55. The van der Waals surface area contributed by atoms with Gasteiger partial charge < -0.3 is 5.32 Å². The third-order valence-electron chi connectivity index (χ3n) is 5.49. The fourth-order valence-electron chi connectivity index (χ4n) is 4.33. The monoisotopic (exact) mass is 271 g/mol. The summed E-state index contributed by atoms with van der Waals surface area (Å²) >= 11 is 0. The molecule has 0 saturated heterocycles. The molecule has 2 aliphatic carbocycles. The van der Waals surface area contributed by atoms with Crippen molar-refractivity contribution in [1.82, 2.24) is 5.32 Å². The zero-order chi connectivity index (χ0) is 14.1. The quantitative estimate of drug-likeness (QED) is 0.803. The van der Waals surface area contributed by atoms with Crippen LogP contribution in [0.3, 0.4) is 0 Å². The molecule has 0 radical (unpaired) electrons. The number of nitrogens with one attached hydrogen (secondary N) is 1. The second-order valence-corrected chi connectivity index (χ2v) is 7.05. The van der Waals surface area contributed by atoms with E-state index in [0.717, 1.165) is 24.3 Å². The van der Waals surface area contributed by atoms with Gasteiger partial charge in [-0.25, -0.2) is 0 Å². The molecule has 0 aliphatic heterocycles. The van der Waals surface area contributed by atoms with E-state index in [1.807, 2.05) is 0 Å². The van der Waals surface area contributed by atoms with Crippen LogP contribution in [0, 0.1) is 17.8 Å². The van der Waals surface area contributed by atoms with Crippen LogP contribution in [0.2, 0.25) is 0 Å². The molecule has 1 nitrogen and oxygen atoms in total. The predicted molar refractivity (Wildman–Crippen MR) is 85.9 cm³/mol. The second kappa shape index (κ2) is 5.89. The lowest BCUT2D eigenvalue weighted by molar-refractivity contribution is 0.456. The first-order valence-corrected chi connectivity index (χ1v) is 8.55. The lowest BCUT2D eigenvalue weighted by Gasteiger charge is -2.20. The van der Waals surface area contributed by atoms with Crippen LogP contribution in [-0.2, 0) is 0 Å². The molecule has 1 N–H and O–H groups in total. The van der Waals surface area contributed by atoms with Gasteiger partial charge >= 0.3 is 0 Å². The predicted octanol–water partition coefficient (Wildman–Crippen LogP) is 4.90. The minimum absolute atomic E-state index is 0.592. The van der Waals surface area contributed by atoms with E-state index in [9.17, 15) is 0 Å². The van der Waals surface area contributed by atoms with Gasteiger partial charge in [-0.2, -0.15) is 0 Å². The van der Waals surface area contributed by atoms with E-state index in [0.29, 0.717) is 12.0 Å². The molecular formula is C19H29N. The Kier molecular flexibility index (Phi) is 4.16. The molecule has 0 aromatic heterocycles. The zero-order valence-corrected chi connectivity index (χ0v) is 13.2. The first-order chi connectivity index (χ1) is 9.72. The van der Waals surface area contributed by atoms with Crippen molar-refractivity contribution in [3.63, 3.8) is 0 Å². The fraction of sp³-hybridized carbons (Fsp3) is 0.684. The Hall–Kier alpha value is -0.820. The minimum Gasteiger partial charge on any atom is -0.310 e. The Morgan fingerprint density at radius 1 is 1.00 bits per heavy atom. The molecule has 0 bridgehead atoms. The highest BCUT2D eigenvalue weighted by Crippen LogP contribution is 2.60. The molecule has 110 valence electrons. The molecule has 2 aliphatic rings. The van der Waals surface area contributed by atoms with Gasteiger partial charge in [-0.3, -0.25) is 0 Å². The zero-order valence-electron chi connectivity index (χ0n) is 13.2. The maximum Gasteiger partial charge on any atom is 0.0354 e. The maximum absolute atomic E-state index is 3.77. The number of fused-ring (bicyclic) bond motifs is 1. The molecule has 1 aromatic rings. The first kappa shape index (κ1) is 14.1. The Morgan fingerprint density at radius 2 is 1.55 bits per heavy atom. The second-order valence-electron chi connectivity index (χ2n) is 7.05. The lowest BCUT2D eigenvalue weighted by Crippen LogP contribution is -2.23. The Labute approximate surface area is 124 Å². The van der Waals surface area contributed by atoms with Crippen LogP contribution in [0.15, 0.2) is 24.3 Å². The van der Waals surface area contributed by atoms with Crippen molar-refractivity contribution in [3.8, 4) is 0 Å². The van der Waals surface area contributed by atoms with Crippen LogP contribution in [-0.4, -0.2) is 6.54 Å². The standard InChI is InChI=1S/C19H29N/c1-4-20-19(18-16-7-5-6-8-17(16)18)15-11-9-14(10-12-15)13(2)3/h9-13,16-20H,4-8H2,1-3H3. The van der Waals surface area contributed by atoms with E-state index >= 15 is 0 Å². The molecule has 0 heterocycles. The molecule has 2 saturated carbocycles. The van der Waals surface area contributed by atoms with Gasteiger partial charge in [0.15, 0.2) is 0 Å². The molecule has 1 aromatic carbocycles. The normalized spacial score (nSPS) is 30.1. The summed E-state index contributed by atoms with van der Waals surface area (Å²) in [6.45, 7) is 7.85. The van der Waals surface area contributed by atoms with E-state index in [2.05, 4.69) is 50.4 Å². The third-order valence-corrected chi connectivity index (χ3v) is 5.49. The van der Waals surface area contributed by atoms with Gasteiger partial charge in [0.05, 0.1) is 0 Å². The summed E-state index contributed by atoms with van der Waals surface area (Å²) in [5.41, 5.74) is 2.97. The highest BCUT2D eigenvalue weighted by atomic mass is 14.9. The van der Waals surface area contributed by atoms with Crippen LogP contribution in [0.5, 0.6) is 0 Å². The van der Waals surface area contributed by atoms with Crippen molar-refractivity contribution in [2.45, 2.75) is 58.4 Å². The van der Waals surface area contributed by atoms with Gasteiger partial charge in [0.1, 0.15) is 0 Å². The number of rotatable bonds is 5. The summed E-state index contributed by atoms with van der Waals surface area (Å²) in [6, 6.07) is 9.99. The maximum atomic E-state index is 3.77. The average Bonchev–Trinajstić information content (AvgIpc) is 3.19. The van der Waals surface area contributed by atoms with Gasteiger partial charge in [0, 0.05) is 6.04 Å². The molecule has 3 atom stereocenters. The molecule has 0 amide bonds. The van der Waals surface area contributed by atoms with E-state index in [1.54, 1.807) is 0 Å². The summed E-state index contributed by atoms with van der Waals surface area (Å²) in [5.74, 6) is 3.56. The highest BCUT2D eigenvalue weighted by Gasteiger charge is 2.54. The van der Waals surface area contributed by atoms with Crippen molar-refractivity contribution in [3.05, 3.63) is 35.4 Å².